The molecule has 2 aromatic rings. The molecule has 0 aliphatic carbocycles. The number of aromatic nitrogens is 2. The molecule has 1 atom stereocenters. The van der Waals surface area contributed by atoms with Crippen molar-refractivity contribution in [3.63, 3.8) is 0 Å². The highest BCUT2D eigenvalue weighted by Crippen LogP contribution is 2.27. The van der Waals surface area contributed by atoms with E-state index in [1.165, 1.54) is 12.1 Å². The van der Waals surface area contributed by atoms with Gasteiger partial charge in [0, 0.05) is 13.0 Å². The van der Waals surface area contributed by atoms with Crippen LogP contribution in [0.4, 0.5) is 4.39 Å². The molecular weight excluding hydrogens is 279 g/mol. The Morgan fingerprint density at radius 2 is 2.10 bits per heavy atom. The molecule has 1 N–H and O–H groups in total. The Balaban J connectivity index is 2.30. The molecule has 0 aliphatic rings. The molecule has 0 spiro atoms. The summed E-state index contributed by atoms with van der Waals surface area (Å²) < 4.78 is 14.9. The molecule has 108 valence electrons. The van der Waals surface area contributed by atoms with Gasteiger partial charge in [-0.1, -0.05) is 17.7 Å². The van der Waals surface area contributed by atoms with E-state index in [1.54, 1.807) is 17.7 Å². The lowest BCUT2D eigenvalue weighted by molar-refractivity contribution is 0.174. The Kier molecular flexibility index (Phi) is 4.45. The minimum Gasteiger partial charge on any atom is -0.388 e. The minimum atomic E-state index is -0.727. The number of nitrogens with zero attached hydrogens (tertiary/aromatic N) is 2. The third kappa shape index (κ3) is 2.86. The highest BCUT2D eigenvalue weighted by atomic mass is 35.5. The zero-order valence-electron chi connectivity index (χ0n) is 11.8. The summed E-state index contributed by atoms with van der Waals surface area (Å²) in [6.07, 6.45) is -0.366. The van der Waals surface area contributed by atoms with E-state index in [2.05, 4.69) is 5.10 Å². The SMILES string of the molecule is CCn1nc(C)c(Cl)c1CC(O)c1ccc(F)cc1C. The molecule has 0 aliphatic heterocycles. The number of rotatable bonds is 4. The van der Waals surface area contributed by atoms with Gasteiger partial charge in [-0.3, -0.25) is 4.68 Å². The zero-order chi connectivity index (χ0) is 14.9. The van der Waals surface area contributed by atoms with Gasteiger partial charge >= 0.3 is 0 Å². The Bertz CT molecular complexity index is 625. The Hall–Kier alpha value is -1.39. The summed E-state index contributed by atoms with van der Waals surface area (Å²) in [5.41, 5.74) is 3.01. The lowest BCUT2D eigenvalue weighted by Crippen LogP contribution is -2.10. The van der Waals surface area contributed by atoms with Crippen LogP contribution in [0.5, 0.6) is 0 Å². The molecule has 1 aromatic carbocycles. The molecule has 0 saturated heterocycles. The normalized spacial score (nSPS) is 12.7. The van der Waals surface area contributed by atoms with E-state index in [9.17, 15) is 9.50 Å². The summed E-state index contributed by atoms with van der Waals surface area (Å²) in [4.78, 5) is 0. The van der Waals surface area contributed by atoms with Crippen molar-refractivity contribution >= 4 is 11.6 Å². The molecule has 1 heterocycles. The first kappa shape index (κ1) is 15.0. The molecule has 5 heteroatoms. The third-order valence-corrected chi connectivity index (χ3v) is 3.92. The summed E-state index contributed by atoms with van der Waals surface area (Å²) in [7, 11) is 0. The fourth-order valence-electron chi connectivity index (χ4n) is 2.37. The van der Waals surface area contributed by atoms with Gasteiger partial charge in [0.1, 0.15) is 5.82 Å². The average Bonchev–Trinajstić information content (AvgIpc) is 2.66. The van der Waals surface area contributed by atoms with Crippen molar-refractivity contribution in [3.05, 3.63) is 51.6 Å². The van der Waals surface area contributed by atoms with Crippen LogP contribution in [-0.4, -0.2) is 14.9 Å². The van der Waals surface area contributed by atoms with Crippen molar-refractivity contribution in [3.8, 4) is 0 Å². The number of hydrogen-bond donors (Lipinski definition) is 1. The molecule has 1 unspecified atom stereocenters. The van der Waals surface area contributed by atoms with Crippen LogP contribution in [0, 0.1) is 19.7 Å². The molecular formula is C15H18ClFN2O. The van der Waals surface area contributed by atoms with Crippen molar-refractivity contribution < 1.29 is 9.50 Å². The van der Waals surface area contributed by atoms with E-state index in [-0.39, 0.29) is 5.82 Å². The second-order valence-electron chi connectivity index (χ2n) is 4.88. The summed E-state index contributed by atoms with van der Waals surface area (Å²) in [6.45, 7) is 6.29. The zero-order valence-corrected chi connectivity index (χ0v) is 12.6. The summed E-state index contributed by atoms with van der Waals surface area (Å²) in [6, 6.07) is 4.39. The number of hydrogen-bond acceptors (Lipinski definition) is 2. The highest BCUT2D eigenvalue weighted by molar-refractivity contribution is 6.31. The Morgan fingerprint density at radius 1 is 1.40 bits per heavy atom. The maximum Gasteiger partial charge on any atom is 0.123 e. The van der Waals surface area contributed by atoms with E-state index >= 15 is 0 Å². The average molecular weight is 297 g/mol. The molecule has 20 heavy (non-hydrogen) atoms. The van der Waals surface area contributed by atoms with Crippen molar-refractivity contribution in [2.24, 2.45) is 0 Å². The molecule has 0 saturated carbocycles. The van der Waals surface area contributed by atoms with Crippen molar-refractivity contribution in [2.75, 3.05) is 0 Å². The van der Waals surface area contributed by atoms with E-state index in [4.69, 9.17) is 11.6 Å². The first-order chi connectivity index (χ1) is 9.43. The predicted octanol–water partition coefficient (Wildman–Crippen LogP) is 3.59. The highest BCUT2D eigenvalue weighted by Gasteiger charge is 2.18. The standard InChI is InChI=1S/C15H18ClFN2O/c1-4-19-13(15(16)10(3)18-19)8-14(20)12-6-5-11(17)7-9(12)2/h5-7,14,20H,4,8H2,1-3H3. The van der Waals surface area contributed by atoms with Crippen LogP contribution in [0.1, 0.15) is 35.5 Å². The molecule has 2 rings (SSSR count). The first-order valence-corrected chi connectivity index (χ1v) is 6.97. The van der Waals surface area contributed by atoms with Gasteiger partial charge in [-0.25, -0.2) is 4.39 Å². The number of halogens is 2. The first-order valence-electron chi connectivity index (χ1n) is 6.60. The fourth-order valence-corrected chi connectivity index (χ4v) is 2.58. The number of aliphatic hydroxyl groups excluding tert-OH is 1. The molecule has 0 bridgehead atoms. The Labute approximate surface area is 123 Å². The molecule has 0 radical (unpaired) electrons. The monoisotopic (exact) mass is 296 g/mol. The smallest absolute Gasteiger partial charge is 0.123 e. The summed E-state index contributed by atoms with van der Waals surface area (Å²) >= 11 is 6.23. The quantitative estimate of drug-likeness (QED) is 0.936. The molecule has 3 nitrogen and oxygen atoms in total. The van der Waals surface area contributed by atoms with E-state index < -0.39 is 6.10 Å². The second kappa shape index (κ2) is 5.94. The van der Waals surface area contributed by atoms with Gasteiger partial charge < -0.3 is 5.11 Å². The van der Waals surface area contributed by atoms with E-state index in [1.807, 2.05) is 13.8 Å². The van der Waals surface area contributed by atoms with Gasteiger partial charge in [-0.15, -0.1) is 0 Å². The van der Waals surface area contributed by atoms with Gasteiger partial charge in [-0.2, -0.15) is 5.10 Å². The van der Waals surface area contributed by atoms with Crippen LogP contribution in [0.3, 0.4) is 0 Å². The summed E-state index contributed by atoms with van der Waals surface area (Å²) in [5, 5.41) is 15.3. The van der Waals surface area contributed by atoms with Crippen LogP contribution in [-0.2, 0) is 13.0 Å². The number of benzene rings is 1. The topological polar surface area (TPSA) is 38.0 Å². The van der Waals surface area contributed by atoms with E-state index in [0.29, 0.717) is 23.6 Å². The number of aryl methyl sites for hydroxylation is 3. The van der Waals surface area contributed by atoms with Gasteiger partial charge in [0.2, 0.25) is 0 Å². The van der Waals surface area contributed by atoms with Gasteiger partial charge in [0.05, 0.1) is 22.5 Å². The predicted molar refractivity (Wildman–Crippen MR) is 77.4 cm³/mol. The van der Waals surface area contributed by atoms with Gasteiger partial charge in [0.25, 0.3) is 0 Å². The van der Waals surface area contributed by atoms with Gasteiger partial charge in [-0.05, 0) is 44.0 Å². The maximum atomic E-state index is 13.1. The Morgan fingerprint density at radius 3 is 2.70 bits per heavy atom. The van der Waals surface area contributed by atoms with Crippen molar-refractivity contribution in [1.82, 2.24) is 9.78 Å². The number of aliphatic hydroxyl groups is 1. The third-order valence-electron chi connectivity index (χ3n) is 3.43. The molecule has 0 amide bonds. The fraction of sp³-hybridized carbons (Fsp3) is 0.400. The van der Waals surface area contributed by atoms with Crippen LogP contribution in [0.25, 0.3) is 0 Å². The second-order valence-corrected chi connectivity index (χ2v) is 5.26. The van der Waals surface area contributed by atoms with Crippen LogP contribution in [0.15, 0.2) is 18.2 Å². The lowest BCUT2D eigenvalue weighted by atomic mass is 9.99. The largest absolute Gasteiger partial charge is 0.388 e. The van der Waals surface area contributed by atoms with Crippen molar-refractivity contribution in [1.29, 1.82) is 0 Å². The van der Waals surface area contributed by atoms with Crippen LogP contribution in [0.2, 0.25) is 5.02 Å². The van der Waals surface area contributed by atoms with Crippen LogP contribution < -0.4 is 0 Å². The van der Waals surface area contributed by atoms with Crippen molar-refractivity contribution in [2.45, 2.75) is 39.8 Å². The van der Waals surface area contributed by atoms with E-state index in [0.717, 1.165) is 17.0 Å². The molecule has 0 fully saturated rings. The minimum absolute atomic E-state index is 0.300. The lowest BCUT2D eigenvalue weighted by Gasteiger charge is -2.15. The molecule has 1 aromatic heterocycles. The summed E-state index contributed by atoms with van der Waals surface area (Å²) in [5.74, 6) is -0.300. The van der Waals surface area contributed by atoms with Gasteiger partial charge in [0.15, 0.2) is 0 Å². The maximum absolute atomic E-state index is 13.1. The van der Waals surface area contributed by atoms with Crippen LogP contribution >= 0.6 is 11.6 Å².